The first-order valence-electron chi connectivity index (χ1n) is 6.07. The number of amides is 1. The van der Waals surface area contributed by atoms with Crippen LogP contribution in [0.2, 0.25) is 0 Å². The van der Waals surface area contributed by atoms with Gasteiger partial charge in [0, 0.05) is 30.9 Å². The summed E-state index contributed by atoms with van der Waals surface area (Å²) in [5, 5.41) is 13.5. The number of rotatable bonds is 7. The number of nitrogens with one attached hydrogen (secondary N) is 1. The maximum atomic E-state index is 10.8. The van der Waals surface area contributed by atoms with E-state index in [0.717, 1.165) is 29.1 Å². The van der Waals surface area contributed by atoms with Gasteiger partial charge in [-0.25, -0.2) is 0 Å². The number of hydrogen-bond donors (Lipinski definition) is 1. The fourth-order valence-electron chi connectivity index (χ4n) is 1.64. The predicted molar refractivity (Wildman–Crippen MR) is 77.3 cm³/mol. The molecule has 0 aromatic heterocycles. The Kier molecular flexibility index (Phi) is 6.35. The summed E-state index contributed by atoms with van der Waals surface area (Å²) in [6.07, 6.45) is 0.901. The Morgan fingerprint density at radius 2 is 2.21 bits per heavy atom. The number of nitro groups is 1. The molecule has 6 heteroatoms. The van der Waals surface area contributed by atoms with Crippen LogP contribution in [0.5, 0.6) is 0 Å². The zero-order valence-electron chi connectivity index (χ0n) is 11.1. The highest BCUT2D eigenvalue weighted by atomic mass is 32.2. The van der Waals surface area contributed by atoms with Crippen molar-refractivity contribution in [3.8, 4) is 0 Å². The predicted octanol–water partition coefficient (Wildman–Crippen LogP) is 2.66. The molecule has 0 aliphatic heterocycles. The lowest BCUT2D eigenvalue weighted by atomic mass is 10.1. The van der Waals surface area contributed by atoms with Crippen molar-refractivity contribution >= 4 is 23.4 Å². The zero-order chi connectivity index (χ0) is 14.3. The van der Waals surface area contributed by atoms with Crippen molar-refractivity contribution in [3.63, 3.8) is 0 Å². The molecule has 1 amide bonds. The maximum absolute atomic E-state index is 10.8. The lowest BCUT2D eigenvalue weighted by Gasteiger charge is -2.06. The first kappa shape index (κ1) is 15.5. The highest BCUT2D eigenvalue weighted by Crippen LogP contribution is 2.24. The van der Waals surface area contributed by atoms with Crippen molar-refractivity contribution in [2.24, 2.45) is 0 Å². The van der Waals surface area contributed by atoms with Crippen molar-refractivity contribution in [1.29, 1.82) is 0 Å². The van der Waals surface area contributed by atoms with Gasteiger partial charge in [0.15, 0.2) is 0 Å². The molecule has 0 radical (unpaired) electrons. The number of nitrogens with zero attached hydrogens (tertiary/aromatic N) is 1. The number of hydrogen-bond acceptors (Lipinski definition) is 4. The molecule has 0 heterocycles. The van der Waals surface area contributed by atoms with Gasteiger partial charge in [0.2, 0.25) is 5.91 Å². The normalized spacial score (nSPS) is 10.2. The third-order valence-electron chi connectivity index (χ3n) is 2.71. The van der Waals surface area contributed by atoms with Gasteiger partial charge in [-0.2, -0.15) is 11.8 Å². The van der Waals surface area contributed by atoms with Gasteiger partial charge in [0.05, 0.1) is 4.92 Å². The Hall–Kier alpha value is -1.56. The molecule has 0 saturated heterocycles. The van der Waals surface area contributed by atoms with Crippen LogP contribution < -0.4 is 5.32 Å². The number of benzene rings is 1. The van der Waals surface area contributed by atoms with E-state index >= 15 is 0 Å². The number of carbonyl (C=O) groups is 1. The van der Waals surface area contributed by atoms with E-state index in [-0.39, 0.29) is 16.5 Å². The van der Waals surface area contributed by atoms with Crippen LogP contribution in [0.4, 0.5) is 5.69 Å². The highest BCUT2D eigenvalue weighted by molar-refractivity contribution is 7.98. The Bertz CT molecular complexity index is 463. The standard InChI is InChI=1S/C13H18N2O3S/c1-10-12(5-3-6-13(10)15(17)18)9-19-8-4-7-14-11(2)16/h3,5-6H,4,7-9H2,1-2H3,(H,14,16). The van der Waals surface area contributed by atoms with Crippen LogP contribution in [0.25, 0.3) is 0 Å². The minimum Gasteiger partial charge on any atom is -0.356 e. The van der Waals surface area contributed by atoms with E-state index in [9.17, 15) is 14.9 Å². The summed E-state index contributed by atoms with van der Waals surface area (Å²) >= 11 is 1.72. The summed E-state index contributed by atoms with van der Waals surface area (Å²) in [5.41, 5.74) is 1.91. The Morgan fingerprint density at radius 1 is 1.47 bits per heavy atom. The molecule has 0 fully saturated rings. The quantitative estimate of drug-likeness (QED) is 0.474. The van der Waals surface area contributed by atoms with Gasteiger partial charge in [-0.1, -0.05) is 12.1 Å². The van der Waals surface area contributed by atoms with Crippen LogP contribution in [0.15, 0.2) is 18.2 Å². The first-order chi connectivity index (χ1) is 9.02. The van der Waals surface area contributed by atoms with E-state index in [1.165, 1.54) is 13.0 Å². The summed E-state index contributed by atoms with van der Waals surface area (Å²) in [5.74, 6) is 1.66. The van der Waals surface area contributed by atoms with Crippen LogP contribution in [0, 0.1) is 17.0 Å². The molecule has 0 aliphatic rings. The van der Waals surface area contributed by atoms with Crippen molar-refractivity contribution in [3.05, 3.63) is 39.4 Å². The lowest BCUT2D eigenvalue weighted by molar-refractivity contribution is -0.385. The summed E-state index contributed by atoms with van der Waals surface area (Å²) in [4.78, 5) is 21.1. The molecule has 1 aromatic rings. The van der Waals surface area contributed by atoms with Gasteiger partial charge in [0.25, 0.3) is 5.69 Å². The molecule has 0 atom stereocenters. The molecule has 0 unspecified atom stereocenters. The van der Waals surface area contributed by atoms with E-state index in [1.54, 1.807) is 24.8 Å². The second-order valence-electron chi connectivity index (χ2n) is 4.21. The van der Waals surface area contributed by atoms with E-state index in [2.05, 4.69) is 5.32 Å². The molecule has 104 valence electrons. The van der Waals surface area contributed by atoms with Crippen LogP contribution in [0.3, 0.4) is 0 Å². The molecule has 1 aromatic carbocycles. The third kappa shape index (κ3) is 5.30. The Balaban J connectivity index is 2.39. The SMILES string of the molecule is CC(=O)NCCCSCc1cccc([N+](=O)[O-])c1C. The minimum atomic E-state index is -0.347. The number of carbonyl (C=O) groups excluding carboxylic acids is 1. The second kappa shape index (κ2) is 7.78. The molecular formula is C13H18N2O3S. The van der Waals surface area contributed by atoms with Crippen molar-refractivity contribution in [2.45, 2.75) is 26.0 Å². The summed E-state index contributed by atoms with van der Waals surface area (Å²) in [7, 11) is 0. The molecule has 0 aliphatic carbocycles. The largest absolute Gasteiger partial charge is 0.356 e. The summed E-state index contributed by atoms with van der Waals surface area (Å²) in [6, 6.07) is 5.17. The van der Waals surface area contributed by atoms with E-state index in [0.29, 0.717) is 6.54 Å². The Morgan fingerprint density at radius 3 is 2.84 bits per heavy atom. The van der Waals surface area contributed by atoms with Gasteiger partial charge in [-0.15, -0.1) is 0 Å². The monoisotopic (exact) mass is 282 g/mol. The summed E-state index contributed by atoms with van der Waals surface area (Å²) in [6.45, 7) is 3.96. The van der Waals surface area contributed by atoms with Crippen molar-refractivity contribution in [1.82, 2.24) is 5.32 Å². The topological polar surface area (TPSA) is 72.2 Å². The first-order valence-corrected chi connectivity index (χ1v) is 7.23. The van der Waals surface area contributed by atoms with Crippen LogP contribution in [0.1, 0.15) is 24.5 Å². The average Bonchev–Trinajstić information content (AvgIpc) is 2.34. The summed E-state index contributed by atoms with van der Waals surface area (Å²) < 4.78 is 0. The average molecular weight is 282 g/mol. The number of nitro benzene ring substituents is 1. The smallest absolute Gasteiger partial charge is 0.272 e. The third-order valence-corrected chi connectivity index (χ3v) is 3.80. The fourth-order valence-corrected chi connectivity index (χ4v) is 2.67. The number of thioether (sulfide) groups is 1. The highest BCUT2D eigenvalue weighted by Gasteiger charge is 2.12. The molecule has 19 heavy (non-hydrogen) atoms. The van der Waals surface area contributed by atoms with Crippen LogP contribution in [-0.2, 0) is 10.5 Å². The van der Waals surface area contributed by atoms with Crippen molar-refractivity contribution in [2.75, 3.05) is 12.3 Å². The molecule has 0 spiro atoms. The molecular weight excluding hydrogens is 264 g/mol. The molecule has 5 nitrogen and oxygen atoms in total. The lowest BCUT2D eigenvalue weighted by Crippen LogP contribution is -2.21. The van der Waals surface area contributed by atoms with Crippen LogP contribution in [-0.4, -0.2) is 23.1 Å². The van der Waals surface area contributed by atoms with Gasteiger partial charge >= 0.3 is 0 Å². The van der Waals surface area contributed by atoms with E-state index < -0.39 is 0 Å². The Labute approximate surface area is 116 Å². The molecule has 0 bridgehead atoms. The minimum absolute atomic E-state index is 0.0143. The second-order valence-corrected chi connectivity index (χ2v) is 5.31. The molecule has 0 saturated carbocycles. The molecule has 1 rings (SSSR count). The van der Waals surface area contributed by atoms with Gasteiger partial charge in [-0.05, 0) is 24.7 Å². The van der Waals surface area contributed by atoms with E-state index in [4.69, 9.17) is 0 Å². The zero-order valence-corrected chi connectivity index (χ0v) is 12.0. The fraction of sp³-hybridized carbons (Fsp3) is 0.462. The van der Waals surface area contributed by atoms with Crippen LogP contribution >= 0.6 is 11.8 Å². The van der Waals surface area contributed by atoms with Gasteiger partial charge in [0.1, 0.15) is 0 Å². The maximum Gasteiger partial charge on any atom is 0.272 e. The molecule has 1 N–H and O–H groups in total. The van der Waals surface area contributed by atoms with E-state index in [1.807, 2.05) is 6.07 Å². The van der Waals surface area contributed by atoms with Gasteiger partial charge < -0.3 is 5.32 Å². The van der Waals surface area contributed by atoms with Gasteiger partial charge in [-0.3, -0.25) is 14.9 Å². The van der Waals surface area contributed by atoms with Crippen molar-refractivity contribution < 1.29 is 9.72 Å².